The number of nitrogens with one attached hydrogen (secondary N) is 1. The third-order valence-corrected chi connectivity index (χ3v) is 4.05. The number of aromatic nitrogens is 2. The SMILES string of the molecule is Cc1nccnc1C(C)NCc1ccc(C2CC2)cc1F. The van der Waals surface area contributed by atoms with Crippen LogP contribution in [-0.2, 0) is 6.54 Å². The molecule has 1 atom stereocenters. The topological polar surface area (TPSA) is 37.8 Å². The van der Waals surface area contributed by atoms with Gasteiger partial charge in [-0.3, -0.25) is 9.97 Å². The second-order valence-corrected chi connectivity index (χ2v) is 5.75. The molecule has 0 saturated heterocycles. The lowest BCUT2D eigenvalue weighted by molar-refractivity contribution is 0.531. The van der Waals surface area contributed by atoms with Crippen LogP contribution in [0.3, 0.4) is 0 Å². The van der Waals surface area contributed by atoms with Gasteiger partial charge < -0.3 is 5.32 Å². The highest BCUT2D eigenvalue weighted by atomic mass is 19.1. The summed E-state index contributed by atoms with van der Waals surface area (Å²) >= 11 is 0. The molecule has 1 aromatic carbocycles. The van der Waals surface area contributed by atoms with E-state index in [1.807, 2.05) is 19.9 Å². The highest BCUT2D eigenvalue weighted by Gasteiger charge is 2.24. The number of hydrogen-bond acceptors (Lipinski definition) is 3. The van der Waals surface area contributed by atoms with Crippen LogP contribution in [0, 0.1) is 12.7 Å². The second-order valence-electron chi connectivity index (χ2n) is 5.75. The fraction of sp³-hybridized carbons (Fsp3) is 0.412. The molecule has 4 heteroatoms. The van der Waals surface area contributed by atoms with E-state index in [1.54, 1.807) is 18.5 Å². The molecule has 0 amide bonds. The Balaban J connectivity index is 1.66. The quantitative estimate of drug-likeness (QED) is 0.911. The molecule has 2 aromatic rings. The van der Waals surface area contributed by atoms with Crippen molar-refractivity contribution in [2.45, 2.75) is 45.2 Å². The van der Waals surface area contributed by atoms with Gasteiger partial charge in [-0.15, -0.1) is 0 Å². The van der Waals surface area contributed by atoms with Crippen LogP contribution in [0.2, 0.25) is 0 Å². The minimum atomic E-state index is -0.116. The third-order valence-electron chi connectivity index (χ3n) is 4.05. The smallest absolute Gasteiger partial charge is 0.127 e. The second kappa shape index (κ2) is 5.90. The normalized spacial score (nSPS) is 16.0. The summed E-state index contributed by atoms with van der Waals surface area (Å²) in [6.45, 7) is 4.45. The number of halogens is 1. The van der Waals surface area contributed by atoms with E-state index in [2.05, 4.69) is 21.4 Å². The van der Waals surface area contributed by atoms with Gasteiger partial charge in [-0.25, -0.2) is 4.39 Å². The first-order valence-corrected chi connectivity index (χ1v) is 7.44. The van der Waals surface area contributed by atoms with Gasteiger partial charge in [0.1, 0.15) is 5.82 Å². The largest absolute Gasteiger partial charge is 0.305 e. The zero-order chi connectivity index (χ0) is 14.8. The van der Waals surface area contributed by atoms with Crippen LogP contribution in [0.25, 0.3) is 0 Å². The summed E-state index contributed by atoms with van der Waals surface area (Å²) in [5.74, 6) is 0.470. The summed E-state index contributed by atoms with van der Waals surface area (Å²) in [6, 6.07) is 5.68. The van der Waals surface area contributed by atoms with Crippen molar-refractivity contribution < 1.29 is 4.39 Å². The molecule has 0 bridgehead atoms. The van der Waals surface area contributed by atoms with Gasteiger partial charge in [0.25, 0.3) is 0 Å². The van der Waals surface area contributed by atoms with Gasteiger partial charge in [-0.05, 0) is 44.2 Å². The average molecular weight is 285 g/mol. The third kappa shape index (κ3) is 3.27. The van der Waals surface area contributed by atoms with E-state index in [0.717, 1.165) is 17.0 Å². The molecule has 0 aliphatic heterocycles. The van der Waals surface area contributed by atoms with Crippen molar-refractivity contribution >= 4 is 0 Å². The Hall–Kier alpha value is -1.81. The highest BCUT2D eigenvalue weighted by molar-refractivity contribution is 5.29. The Kier molecular flexibility index (Phi) is 3.97. The van der Waals surface area contributed by atoms with E-state index in [0.29, 0.717) is 18.0 Å². The van der Waals surface area contributed by atoms with Crippen LogP contribution in [0.4, 0.5) is 4.39 Å². The number of hydrogen-bond donors (Lipinski definition) is 1. The molecular weight excluding hydrogens is 265 g/mol. The molecule has 1 fully saturated rings. The van der Waals surface area contributed by atoms with Crippen LogP contribution in [0.5, 0.6) is 0 Å². The predicted molar refractivity (Wildman–Crippen MR) is 80.4 cm³/mol. The summed E-state index contributed by atoms with van der Waals surface area (Å²) in [5, 5.41) is 3.32. The summed E-state index contributed by atoms with van der Waals surface area (Å²) in [5.41, 5.74) is 3.65. The Bertz CT molecular complexity index is 638. The Morgan fingerprint density at radius 3 is 2.71 bits per heavy atom. The van der Waals surface area contributed by atoms with Crippen LogP contribution in [-0.4, -0.2) is 9.97 Å². The Labute approximate surface area is 124 Å². The summed E-state index contributed by atoms with van der Waals surface area (Å²) in [6.07, 6.45) is 5.76. The van der Waals surface area contributed by atoms with Crippen molar-refractivity contribution in [3.05, 3.63) is 58.9 Å². The summed E-state index contributed by atoms with van der Waals surface area (Å²) in [4.78, 5) is 8.57. The Morgan fingerprint density at radius 2 is 2.05 bits per heavy atom. The molecule has 110 valence electrons. The highest BCUT2D eigenvalue weighted by Crippen LogP contribution is 2.40. The lowest BCUT2D eigenvalue weighted by Gasteiger charge is -2.15. The van der Waals surface area contributed by atoms with Crippen molar-refractivity contribution in [1.29, 1.82) is 0 Å². The maximum absolute atomic E-state index is 14.1. The standard InChI is InChI=1S/C17H20FN3/c1-11-17(20-8-7-19-11)12(2)21-10-15-6-5-14(9-16(15)18)13-3-4-13/h5-9,12-13,21H,3-4,10H2,1-2H3. The van der Waals surface area contributed by atoms with Crippen molar-refractivity contribution in [2.24, 2.45) is 0 Å². The van der Waals surface area contributed by atoms with Crippen LogP contribution >= 0.6 is 0 Å². The maximum atomic E-state index is 14.1. The molecule has 1 aliphatic rings. The molecule has 0 radical (unpaired) electrons. The van der Waals surface area contributed by atoms with Crippen LogP contribution < -0.4 is 5.32 Å². The van der Waals surface area contributed by atoms with E-state index in [1.165, 1.54) is 12.8 Å². The number of aryl methyl sites for hydroxylation is 1. The minimum Gasteiger partial charge on any atom is -0.305 e. The molecule has 0 spiro atoms. The molecule has 1 heterocycles. The fourth-order valence-electron chi connectivity index (χ4n) is 2.58. The van der Waals surface area contributed by atoms with Crippen LogP contribution in [0.15, 0.2) is 30.6 Å². The molecule has 1 aliphatic carbocycles. The van der Waals surface area contributed by atoms with Crippen molar-refractivity contribution in [1.82, 2.24) is 15.3 Å². The minimum absolute atomic E-state index is 0.0428. The lowest BCUT2D eigenvalue weighted by atomic mass is 10.1. The van der Waals surface area contributed by atoms with Crippen molar-refractivity contribution in [2.75, 3.05) is 0 Å². The van der Waals surface area contributed by atoms with Gasteiger partial charge in [-0.2, -0.15) is 0 Å². The molecule has 1 N–H and O–H groups in total. The summed E-state index contributed by atoms with van der Waals surface area (Å²) in [7, 11) is 0. The van der Waals surface area contributed by atoms with Gasteiger partial charge in [0.2, 0.25) is 0 Å². The number of rotatable bonds is 5. The van der Waals surface area contributed by atoms with E-state index >= 15 is 0 Å². The Morgan fingerprint density at radius 1 is 1.29 bits per heavy atom. The lowest BCUT2D eigenvalue weighted by Crippen LogP contribution is -2.21. The first-order valence-electron chi connectivity index (χ1n) is 7.44. The molecule has 21 heavy (non-hydrogen) atoms. The monoisotopic (exact) mass is 285 g/mol. The van der Waals surface area contributed by atoms with E-state index < -0.39 is 0 Å². The van der Waals surface area contributed by atoms with E-state index in [-0.39, 0.29) is 11.9 Å². The van der Waals surface area contributed by atoms with Crippen LogP contribution in [0.1, 0.15) is 54.2 Å². The molecule has 3 rings (SSSR count). The maximum Gasteiger partial charge on any atom is 0.127 e. The molecule has 3 nitrogen and oxygen atoms in total. The van der Waals surface area contributed by atoms with Crippen molar-refractivity contribution in [3.63, 3.8) is 0 Å². The van der Waals surface area contributed by atoms with Gasteiger partial charge in [-0.1, -0.05) is 12.1 Å². The van der Waals surface area contributed by atoms with Crippen molar-refractivity contribution in [3.8, 4) is 0 Å². The number of benzene rings is 1. The van der Waals surface area contributed by atoms with E-state index in [9.17, 15) is 4.39 Å². The number of nitrogens with zero attached hydrogens (tertiary/aromatic N) is 2. The molecule has 1 saturated carbocycles. The summed E-state index contributed by atoms with van der Waals surface area (Å²) < 4.78 is 14.1. The fourth-order valence-corrected chi connectivity index (χ4v) is 2.58. The first-order chi connectivity index (χ1) is 10.1. The predicted octanol–water partition coefficient (Wildman–Crippen LogP) is 3.65. The zero-order valence-electron chi connectivity index (χ0n) is 12.4. The van der Waals surface area contributed by atoms with Gasteiger partial charge in [0.05, 0.1) is 11.4 Å². The van der Waals surface area contributed by atoms with E-state index in [4.69, 9.17) is 0 Å². The molecule has 1 unspecified atom stereocenters. The van der Waals surface area contributed by atoms with Gasteiger partial charge >= 0.3 is 0 Å². The molecule has 1 aromatic heterocycles. The first kappa shape index (κ1) is 14.1. The average Bonchev–Trinajstić information content (AvgIpc) is 3.31. The van der Waals surface area contributed by atoms with Gasteiger partial charge in [0.15, 0.2) is 0 Å². The van der Waals surface area contributed by atoms with Gasteiger partial charge in [0, 0.05) is 30.5 Å². The zero-order valence-corrected chi connectivity index (χ0v) is 12.4. The molecular formula is C17H20FN3.